The molecular weight excluding hydrogens is 390 g/mol. The van der Waals surface area contributed by atoms with Gasteiger partial charge in [0.05, 0.1) is 30.9 Å². The van der Waals surface area contributed by atoms with Gasteiger partial charge in [-0.05, 0) is 34.9 Å². The molecule has 2 aliphatic rings. The number of hydrogen-bond acceptors (Lipinski definition) is 4. The first-order chi connectivity index (χ1) is 14.7. The molecule has 2 aromatic rings. The number of rotatable bonds is 4. The minimum Gasteiger partial charge on any atom is -0.445 e. The van der Waals surface area contributed by atoms with Crippen LogP contribution in [-0.4, -0.2) is 47.0 Å². The van der Waals surface area contributed by atoms with Gasteiger partial charge in [0.15, 0.2) is 0 Å². The van der Waals surface area contributed by atoms with Crippen molar-refractivity contribution in [3.63, 3.8) is 0 Å². The molecule has 2 heterocycles. The Labute approximate surface area is 185 Å². The largest absolute Gasteiger partial charge is 0.445 e. The van der Waals surface area contributed by atoms with Crippen LogP contribution in [0.4, 0.5) is 4.79 Å². The number of benzene rings is 2. The number of carbonyl (C=O) groups is 1. The van der Waals surface area contributed by atoms with E-state index in [9.17, 15) is 9.90 Å². The second-order valence-electron chi connectivity index (χ2n) is 10.0. The van der Waals surface area contributed by atoms with Crippen molar-refractivity contribution in [1.82, 2.24) is 4.90 Å². The fraction of sp³-hybridized carbons (Fsp3) is 0.500. The number of fused-ring (bicyclic) bond motifs is 2. The van der Waals surface area contributed by atoms with Gasteiger partial charge in [-0.25, -0.2) is 4.79 Å². The van der Waals surface area contributed by atoms with Crippen molar-refractivity contribution in [1.29, 1.82) is 0 Å². The van der Waals surface area contributed by atoms with Crippen molar-refractivity contribution in [2.45, 2.75) is 69.7 Å². The van der Waals surface area contributed by atoms with Crippen molar-refractivity contribution >= 4 is 6.09 Å². The maximum atomic E-state index is 12.9. The predicted molar refractivity (Wildman–Crippen MR) is 120 cm³/mol. The number of morpholine rings is 1. The summed E-state index contributed by atoms with van der Waals surface area (Å²) in [7, 11) is 0. The van der Waals surface area contributed by atoms with Crippen LogP contribution in [0.3, 0.4) is 0 Å². The quantitative estimate of drug-likeness (QED) is 0.789. The fourth-order valence-corrected chi connectivity index (χ4v) is 4.81. The molecule has 2 saturated heterocycles. The lowest BCUT2D eigenvalue weighted by Gasteiger charge is -2.51. The Bertz CT molecular complexity index is 874. The van der Waals surface area contributed by atoms with Gasteiger partial charge in [-0.2, -0.15) is 0 Å². The van der Waals surface area contributed by atoms with Gasteiger partial charge in [-0.1, -0.05) is 75.4 Å². The molecule has 2 aromatic carbocycles. The molecule has 2 aliphatic heterocycles. The minimum absolute atomic E-state index is 0.106. The summed E-state index contributed by atoms with van der Waals surface area (Å²) in [5, 5.41) is 11.4. The molecule has 0 aromatic heterocycles. The van der Waals surface area contributed by atoms with Crippen LogP contribution in [-0.2, 0) is 27.9 Å². The first-order valence-electron chi connectivity index (χ1n) is 11.1. The summed E-state index contributed by atoms with van der Waals surface area (Å²) in [6, 6.07) is 17.9. The van der Waals surface area contributed by atoms with Gasteiger partial charge in [0.1, 0.15) is 6.61 Å². The summed E-state index contributed by atoms with van der Waals surface area (Å²) in [6.45, 7) is 7.71. The highest BCUT2D eigenvalue weighted by Crippen LogP contribution is 2.37. The van der Waals surface area contributed by atoms with E-state index in [4.69, 9.17) is 9.47 Å². The molecule has 1 amide bonds. The van der Waals surface area contributed by atoms with Crippen LogP contribution in [0.5, 0.6) is 0 Å². The molecule has 0 radical (unpaired) electrons. The number of aliphatic hydroxyl groups is 1. The first-order valence-corrected chi connectivity index (χ1v) is 11.1. The zero-order valence-corrected chi connectivity index (χ0v) is 18.7. The fourth-order valence-electron chi connectivity index (χ4n) is 4.81. The molecular formula is C26H33NO4. The van der Waals surface area contributed by atoms with Crippen LogP contribution in [0.1, 0.15) is 50.3 Å². The van der Waals surface area contributed by atoms with E-state index in [1.165, 1.54) is 5.56 Å². The highest BCUT2D eigenvalue weighted by atomic mass is 16.6. The lowest BCUT2D eigenvalue weighted by Crippen LogP contribution is -2.64. The van der Waals surface area contributed by atoms with E-state index in [1.54, 1.807) is 4.90 Å². The monoisotopic (exact) mass is 423 g/mol. The van der Waals surface area contributed by atoms with Crippen LogP contribution in [0, 0.1) is 0 Å². The Morgan fingerprint density at radius 1 is 1.03 bits per heavy atom. The second-order valence-corrected chi connectivity index (χ2v) is 10.0. The smallest absolute Gasteiger partial charge is 0.410 e. The zero-order chi connectivity index (χ0) is 22.1. The van der Waals surface area contributed by atoms with E-state index in [1.807, 2.05) is 30.3 Å². The van der Waals surface area contributed by atoms with Crippen LogP contribution in [0.2, 0.25) is 0 Å². The normalized spacial score (nSPS) is 25.9. The Morgan fingerprint density at radius 2 is 1.65 bits per heavy atom. The average Bonchev–Trinajstić information content (AvgIpc) is 2.72. The van der Waals surface area contributed by atoms with Gasteiger partial charge in [-0.3, -0.25) is 4.90 Å². The zero-order valence-electron chi connectivity index (χ0n) is 18.7. The lowest BCUT2D eigenvalue weighted by molar-refractivity contribution is -0.132. The summed E-state index contributed by atoms with van der Waals surface area (Å²) in [5.74, 6) is 0. The Kier molecular flexibility index (Phi) is 6.09. The summed E-state index contributed by atoms with van der Waals surface area (Å²) in [6.07, 6.45) is 1.24. The van der Waals surface area contributed by atoms with Gasteiger partial charge in [-0.15, -0.1) is 0 Å². The minimum atomic E-state index is -0.849. The number of ether oxygens (including phenoxy) is 2. The molecule has 2 fully saturated rings. The van der Waals surface area contributed by atoms with Crippen LogP contribution in [0.15, 0.2) is 54.6 Å². The van der Waals surface area contributed by atoms with E-state index in [0.717, 1.165) is 11.1 Å². The van der Waals surface area contributed by atoms with Crippen molar-refractivity contribution in [3.05, 3.63) is 71.3 Å². The first kappa shape index (κ1) is 21.8. The third-order valence-electron chi connectivity index (χ3n) is 6.41. The number of carbonyl (C=O) groups excluding carboxylic acids is 1. The van der Waals surface area contributed by atoms with Gasteiger partial charge in [0, 0.05) is 6.42 Å². The summed E-state index contributed by atoms with van der Waals surface area (Å²) in [4.78, 5) is 14.6. The molecule has 5 heteroatoms. The summed E-state index contributed by atoms with van der Waals surface area (Å²) in [5.41, 5.74) is 2.62. The molecule has 0 spiro atoms. The molecule has 5 nitrogen and oxygen atoms in total. The van der Waals surface area contributed by atoms with Gasteiger partial charge in [0.2, 0.25) is 0 Å². The lowest BCUT2D eigenvalue weighted by atomic mass is 9.77. The van der Waals surface area contributed by atoms with Crippen LogP contribution < -0.4 is 0 Å². The van der Waals surface area contributed by atoms with Crippen LogP contribution >= 0.6 is 0 Å². The summed E-state index contributed by atoms with van der Waals surface area (Å²) < 4.78 is 11.3. The molecule has 2 unspecified atom stereocenters. The third kappa shape index (κ3) is 5.10. The Balaban J connectivity index is 1.41. The topological polar surface area (TPSA) is 59.0 Å². The standard InChI is InChI=1S/C26H33NO4/c1-25(2,3)21-11-9-19(10-12-21)13-26(29)14-22-17-30-18-23(15-26)27(22)24(28)31-16-20-7-5-4-6-8-20/h4-12,22-23,29H,13-18H2,1-3H3. The number of amides is 1. The van der Waals surface area contributed by atoms with Crippen molar-refractivity contribution in [2.75, 3.05) is 13.2 Å². The van der Waals surface area contributed by atoms with E-state index in [0.29, 0.717) is 32.5 Å². The summed E-state index contributed by atoms with van der Waals surface area (Å²) >= 11 is 0. The SMILES string of the molecule is CC(C)(C)c1ccc(CC2(O)CC3COCC(C2)N3C(=O)OCc2ccccc2)cc1. The van der Waals surface area contributed by atoms with Crippen molar-refractivity contribution < 1.29 is 19.4 Å². The molecule has 31 heavy (non-hydrogen) atoms. The number of nitrogens with zero attached hydrogens (tertiary/aromatic N) is 1. The number of piperidine rings is 1. The van der Waals surface area contributed by atoms with E-state index >= 15 is 0 Å². The molecule has 1 N–H and O–H groups in total. The predicted octanol–water partition coefficient (Wildman–Crippen LogP) is 4.46. The maximum absolute atomic E-state index is 12.9. The molecule has 0 saturated carbocycles. The second kappa shape index (κ2) is 8.64. The van der Waals surface area contributed by atoms with Crippen molar-refractivity contribution in [3.8, 4) is 0 Å². The number of hydrogen-bond donors (Lipinski definition) is 1. The Hall–Kier alpha value is -2.37. The van der Waals surface area contributed by atoms with Crippen molar-refractivity contribution in [2.24, 2.45) is 0 Å². The van der Waals surface area contributed by atoms with Gasteiger partial charge >= 0.3 is 6.09 Å². The molecule has 166 valence electrons. The molecule has 2 atom stereocenters. The average molecular weight is 424 g/mol. The molecule has 2 bridgehead atoms. The highest BCUT2D eigenvalue weighted by Gasteiger charge is 2.48. The van der Waals surface area contributed by atoms with Gasteiger partial charge < -0.3 is 14.6 Å². The van der Waals surface area contributed by atoms with E-state index < -0.39 is 5.60 Å². The van der Waals surface area contributed by atoms with Crippen LogP contribution in [0.25, 0.3) is 0 Å². The molecule has 0 aliphatic carbocycles. The van der Waals surface area contributed by atoms with E-state index in [2.05, 4.69) is 45.0 Å². The molecule has 4 rings (SSSR count). The Morgan fingerprint density at radius 3 is 2.23 bits per heavy atom. The highest BCUT2D eigenvalue weighted by molar-refractivity contribution is 5.69. The van der Waals surface area contributed by atoms with E-state index in [-0.39, 0.29) is 30.2 Å². The third-order valence-corrected chi connectivity index (χ3v) is 6.41. The maximum Gasteiger partial charge on any atom is 0.410 e. The van der Waals surface area contributed by atoms with Gasteiger partial charge in [0.25, 0.3) is 0 Å².